The van der Waals surface area contributed by atoms with E-state index in [1.54, 1.807) is 30.3 Å². The van der Waals surface area contributed by atoms with Crippen molar-refractivity contribution in [1.29, 1.82) is 5.26 Å². The molecule has 3 rings (SSSR count). The molecule has 1 aliphatic rings. The van der Waals surface area contributed by atoms with E-state index in [9.17, 15) is 14.9 Å². The van der Waals surface area contributed by atoms with Crippen molar-refractivity contribution in [2.24, 2.45) is 17.3 Å². The van der Waals surface area contributed by atoms with Crippen LogP contribution in [0.2, 0.25) is 0 Å². The first-order chi connectivity index (χ1) is 14.4. The molecular formula is C24H23NO5. The van der Waals surface area contributed by atoms with Gasteiger partial charge in [-0.05, 0) is 35.6 Å². The van der Waals surface area contributed by atoms with Gasteiger partial charge in [-0.25, -0.2) is 4.79 Å². The lowest BCUT2D eigenvalue weighted by molar-refractivity contribution is -0.149. The summed E-state index contributed by atoms with van der Waals surface area (Å²) in [5.41, 5.74) is 0.166. The summed E-state index contributed by atoms with van der Waals surface area (Å²) < 4.78 is 15.9. The van der Waals surface area contributed by atoms with Gasteiger partial charge >= 0.3 is 11.9 Å². The second-order valence-corrected chi connectivity index (χ2v) is 7.64. The summed E-state index contributed by atoms with van der Waals surface area (Å²) in [7, 11) is 1.30. The first-order valence-electron chi connectivity index (χ1n) is 9.56. The van der Waals surface area contributed by atoms with Crippen LogP contribution in [0.4, 0.5) is 0 Å². The molecule has 3 atom stereocenters. The molecule has 0 aliphatic heterocycles. The third-order valence-electron chi connectivity index (χ3n) is 5.30. The normalized spacial score (nSPS) is 20.1. The Labute approximate surface area is 175 Å². The average Bonchev–Trinajstić information content (AvgIpc) is 3.31. The molecule has 6 nitrogen and oxygen atoms in total. The van der Waals surface area contributed by atoms with Gasteiger partial charge in [0, 0.05) is 11.6 Å². The van der Waals surface area contributed by atoms with Gasteiger partial charge < -0.3 is 14.2 Å². The van der Waals surface area contributed by atoms with Crippen LogP contribution in [0, 0.1) is 28.6 Å². The van der Waals surface area contributed by atoms with Crippen LogP contribution in [0.5, 0.6) is 11.5 Å². The molecule has 0 bridgehead atoms. The number of esters is 2. The van der Waals surface area contributed by atoms with Gasteiger partial charge in [-0.1, -0.05) is 50.3 Å². The number of carbonyl (C=O) groups excluding carboxylic acids is 2. The average molecular weight is 405 g/mol. The fourth-order valence-electron chi connectivity index (χ4n) is 3.46. The Kier molecular flexibility index (Phi) is 6.22. The Bertz CT molecular complexity index is 990. The first-order valence-corrected chi connectivity index (χ1v) is 9.56. The molecule has 30 heavy (non-hydrogen) atoms. The molecule has 6 heteroatoms. The fourth-order valence-corrected chi connectivity index (χ4v) is 3.46. The lowest BCUT2D eigenvalue weighted by Crippen LogP contribution is -2.14. The van der Waals surface area contributed by atoms with Crippen molar-refractivity contribution in [3.05, 3.63) is 72.3 Å². The summed E-state index contributed by atoms with van der Waals surface area (Å²) in [5.74, 6) is -0.328. The summed E-state index contributed by atoms with van der Waals surface area (Å²) in [4.78, 5) is 24.0. The lowest BCUT2D eigenvalue weighted by Gasteiger charge is -2.13. The van der Waals surface area contributed by atoms with Gasteiger partial charge in [-0.3, -0.25) is 4.79 Å². The van der Waals surface area contributed by atoms with Crippen molar-refractivity contribution in [3.8, 4) is 17.6 Å². The Morgan fingerprint density at radius 1 is 1.10 bits per heavy atom. The van der Waals surface area contributed by atoms with Crippen molar-refractivity contribution in [2.75, 3.05) is 7.11 Å². The molecule has 0 aromatic heterocycles. The quantitative estimate of drug-likeness (QED) is 0.495. The van der Waals surface area contributed by atoms with E-state index in [1.165, 1.54) is 13.2 Å². The van der Waals surface area contributed by atoms with Crippen molar-refractivity contribution in [2.45, 2.75) is 20.0 Å². The van der Waals surface area contributed by atoms with Crippen LogP contribution < -0.4 is 4.74 Å². The zero-order valence-electron chi connectivity index (χ0n) is 17.1. The molecular weight excluding hydrogens is 382 g/mol. The van der Waals surface area contributed by atoms with Gasteiger partial charge in [-0.15, -0.1) is 0 Å². The van der Waals surface area contributed by atoms with Crippen molar-refractivity contribution in [3.63, 3.8) is 0 Å². The molecule has 0 N–H and O–H groups in total. The third kappa shape index (κ3) is 4.69. The molecule has 1 fully saturated rings. The monoisotopic (exact) mass is 405 g/mol. The summed E-state index contributed by atoms with van der Waals surface area (Å²) in [5, 5.41) is 9.57. The van der Waals surface area contributed by atoms with Gasteiger partial charge in [0.1, 0.15) is 17.6 Å². The number of rotatable bonds is 7. The van der Waals surface area contributed by atoms with Crippen LogP contribution in [-0.2, 0) is 19.1 Å². The smallest absolute Gasteiger partial charge is 0.330 e. The van der Waals surface area contributed by atoms with Gasteiger partial charge in [-0.2, -0.15) is 5.26 Å². The topological polar surface area (TPSA) is 85.6 Å². The van der Waals surface area contributed by atoms with E-state index in [4.69, 9.17) is 9.47 Å². The molecule has 0 radical (unpaired) electrons. The molecule has 2 aromatic rings. The molecule has 0 amide bonds. The highest BCUT2D eigenvalue weighted by atomic mass is 16.5. The second kappa shape index (κ2) is 8.83. The molecule has 2 aromatic carbocycles. The van der Waals surface area contributed by atoms with Gasteiger partial charge in [0.05, 0.1) is 13.0 Å². The van der Waals surface area contributed by atoms with Crippen LogP contribution in [0.3, 0.4) is 0 Å². The Hall–Kier alpha value is -3.59. The predicted octanol–water partition coefficient (Wildman–Crippen LogP) is 4.59. The zero-order chi connectivity index (χ0) is 21.7. The maximum Gasteiger partial charge on any atom is 0.330 e. The Morgan fingerprint density at radius 3 is 2.47 bits per heavy atom. The van der Waals surface area contributed by atoms with Crippen molar-refractivity contribution >= 4 is 11.9 Å². The lowest BCUT2D eigenvalue weighted by atomic mass is 10.1. The van der Waals surface area contributed by atoms with E-state index in [1.807, 2.05) is 50.2 Å². The number of nitriles is 1. The molecule has 154 valence electrons. The maximum atomic E-state index is 12.7. The summed E-state index contributed by atoms with van der Waals surface area (Å²) >= 11 is 0. The molecule has 1 aliphatic carbocycles. The van der Waals surface area contributed by atoms with E-state index < -0.39 is 24.0 Å². The van der Waals surface area contributed by atoms with Crippen LogP contribution >= 0.6 is 0 Å². The predicted molar refractivity (Wildman–Crippen MR) is 109 cm³/mol. The standard InChI is InChI=1S/C24H23NO5/c1-24(2)19(12-13-21(26)28-3)22(24)23(27)30-20(15-25)16-8-7-11-18(14-16)29-17-9-5-4-6-10-17/h4-14,19-20,22H,1-3H3/t19-,20-,22-/m0/s1. The van der Waals surface area contributed by atoms with E-state index in [2.05, 4.69) is 4.74 Å². The number of ether oxygens (including phenoxy) is 3. The minimum Gasteiger partial charge on any atom is -0.466 e. The van der Waals surface area contributed by atoms with E-state index in [-0.39, 0.29) is 11.3 Å². The number of hydrogen-bond acceptors (Lipinski definition) is 6. The number of methoxy groups -OCH3 is 1. The Balaban J connectivity index is 1.69. The SMILES string of the molecule is COC(=O)C=C[C@H]1[C@@H](C(=O)O[C@@H](C#N)c2cccc(Oc3ccccc3)c2)C1(C)C. The highest BCUT2D eigenvalue weighted by Crippen LogP contribution is 2.59. The van der Waals surface area contributed by atoms with Gasteiger partial charge in [0.2, 0.25) is 6.10 Å². The van der Waals surface area contributed by atoms with Crippen LogP contribution in [0.25, 0.3) is 0 Å². The molecule has 0 saturated heterocycles. The highest BCUT2D eigenvalue weighted by Gasteiger charge is 2.61. The van der Waals surface area contributed by atoms with Crippen LogP contribution in [0.1, 0.15) is 25.5 Å². The summed E-state index contributed by atoms with van der Waals surface area (Å²) in [6.45, 7) is 3.84. The second-order valence-electron chi connectivity index (χ2n) is 7.64. The number of nitrogens with zero attached hydrogens (tertiary/aromatic N) is 1. The minimum atomic E-state index is -1.06. The fraction of sp³-hybridized carbons (Fsp3) is 0.292. The summed E-state index contributed by atoms with van der Waals surface area (Å²) in [6, 6.07) is 18.2. The van der Waals surface area contributed by atoms with E-state index >= 15 is 0 Å². The van der Waals surface area contributed by atoms with Crippen LogP contribution in [0.15, 0.2) is 66.7 Å². The van der Waals surface area contributed by atoms with Crippen LogP contribution in [-0.4, -0.2) is 19.0 Å². The van der Waals surface area contributed by atoms with Gasteiger partial charge in [0.25, 0.3) is 0 Å². The molecule has 0 spiro atoms. The number of para-hydroxylation sites is 1. The zero-order valence-corrected chi connectivity index (χ0v) is 17.1. The number of hydrogen-bond donors (Lipinski definition) is 0. The Morgan fingerprint density at radius 2 is 1.80 bits per heavy atom. The summed E-state index contributed by atoms with van der Waals surface area (Å²) in [6.07, 6.45) is 1.91. The minimum absolute atomic E-state index is 0.156. The highest BCUT2D eigenvalue weighted by molar-refractivity contribution is 5.83. The molecule has 1 saturated carbocycles. The first kappa shape index (κ1) is 21.1. The molecule has 0 unspecified atom stereocenters. The number of benzene rings is 2. The van der Waals surface area contributed by atoms with E-state index in [0.29, 0.717) is 17.1 Å². The van der Waals surface area contributed by atoms with Crippen molar-refractivity contribution in [1.82, 2.24) is 0 Å². The number of allylic oxidation sites excluding steroid dienone is 1. The van der Waals surface area contributed by atoms with Crippen molar-refractivity contribution < 1.29 is 23.8 Å². The van der Waals surface area contributed by atoms with E-state index in [0.717, 1.165) is 0 Å². The third-order valence-corrected chi connectivity index (χ3v) is 5.30. The molecule has 0 heterocycles. The van der Waals surface area contributed by atoms with Gasteiger partial charge in [0.15, 0.2) is 0 Å². The largest absolute Gasteiger partial charge is 0.466 e. The maximum absolute atomic E-state index is 12.7. The number of carbonyl (C=O) groups is 2.